The highest BCUT2D eigenvalue weighted by Gasteiger charge is 2.12. The minimum absolute atomic E-state index is 0.114. The van der Waals surface area contributed by atoms with Crippen LogP contribution in [0.5, 0.6) is 11.5 Å². The largest absolute Gasteiger partial charge is 0.493 e. The fourth-order valence-corrected chi connectivity index (χ4v) is 3.13. The summed E-state index contributed by atoms with van der Waals surface area (Å²) in [6, 6.07) is 11.3. The highest BCUT2D eigenvalue weighted by Crippen LogP contribution is 2.27. The van der Waals surface area contributed by atoms with Gasteiger partial charge in [-0.25, -0.2) is 4.39 Å². The summed E-state index contributed by atoms with van der Waals surface area (Å²) in [5.74, 6) is 0.753. The van der Waals surface area contributed by atoms with Crippen molar-refractivity contribution < 1.29 is 18.7 Å². The molecule has 8 nitrogen and oxygen atoms in total. The number of nitrogens with zero attached hydrogens (tertiary/aromatic N) is 4. The van der Waals surface area contributed by atoms with Crippen molar-refractivity contribution >= 4 is 17.7 Å². The van der Waals surface area contributed by atoms with Crippen molar-refractivity contribution in [1.82, 2.24) is 25.5 Å². The molecule has 0 saturated heterocycles. The van der Waals surface area contributed by atoms with E-state index < -0.39 is 5.82 Å². The van der Waals surface area contributed by atoms with Gasteiger partial charge in [-0.3, -0.25) is 4.79 Å². The lowest BCUT2D eigenvalue weighted by Crippen LogP contribution is -2.24. The van der Waals surface area contributed by atoms with Crippen molar-refractivity contribution in [3.63, 3.8) is 0 Å². The summed E-state index contributed by atoms with van der Waals surface area (Å²) in [5, 5.41) is 14.5. The third kappa shape index (κ3) is 4.77. The van der Waals surface area contributed by atoms with Crippen LogP contribution in [0.15, 0.2) is 47.6 Å². The van der Waals surface area contributed by atoms with Gasteiger partial charge in [-0.2, -0.15) is 4.68 Å². The second-order valence-corrected chi connectivity index (χ2v) is 6.55. The van der Waals surface area contributed by atoms with Crippen LogP contribution in [-0.2, 0) is 11.3 Å². The van der Waals surface area contributed by atoms with Gasteiger partial charge in [-0.05, 0) is 46.3 Å². The number of hydrogen-bond donors (Lipinski definition) is 1. The Labute approximate surface area is 165 Å². The number of rotatable bonds is 8. The number of nitrogens with one attached hydrogen (secondary N) is 1. The van der Waals surface area contributed by atoms with Crippen LogP contribution in [-0.4, -0.2) is 46.1 Å². The van der Waals surface area contributed by atoms with E-state index in [-0.39, 0.29) is 11.7 Å². The van der Waals surface area contributed by atoms with Crippen molar-refractivity contribution in [2.45, 2.75) is 11.7 Å². The molecule has 1 aromatic heterocycles. The summed E-state index contributed by atoms with van der Waals surface area (Å²) in [6.45, 7) is 0.342. The molecule has 1 N–H and O–H groups in total. The van der Waals surface area contributed by atoms with E-state index in [1.165, 1.54) is 16.8 Å². The number of ether oxygens (including phenoxy) is 2. The molecule has 0 unspecified atom stereocenters. The molecule has 0 fully saturated rings. The smallest absolute Gasteiger partial charge is 0.230 e. The maximum Gasteiger partial charge on any atom is 0.230 e. The first-order valence-corrected chi connectivity index (χ1v) is 9.24. The zero-order valence-electron chi connectivity index (χ0n) is 15.3. The van der Waals surface area contributed by atoms with Gasteiger partial charge in [0.1, 0.15) is 5.82 Å². The molecule has 0 atom stereocenters. The number of hydrogen-bond acceptors (Lipinski definition) is 7. The molecule has 0 saturated carbocycles. The predicted molar refractivity (Wildman–Crippen MR) is 101 cm³/mol. The van der Waals surface area contributed by atoms with Crippen LogP contribution in [0.1, 0.15) is 5.56 Å². The summed E-state index contributed by atoms with van der Waals surface area (Å²) >= 11 is 1.16. The van der Waals surface area contributed by atoms with E-state index in [1.54, 1.807) is 38.5 Å². The molecule has 0 spiro atoms. The molecule has 0 bridgehead atoms. The van der Waals surface area contributed by atoms with E-state index in [4.69, 9.17) is 9.47 Å². The first kappa shape index (κ1) is 19.6. The van der Waals surface area contributed by atoms with Crippen LogP contribution < -0.4 is 14.8 Å². The molecule has 0 aliphatic carbocycles. The van der Waals surface area contributed by atoms with Gasteiger partial charge in [-0.1, -0.05) is 23.9 Å². The predicted octanol–water partition coefficient (Wildman–Crippen LogP) is 2.23. The average molecular weight is 403 g/mol. The normalized spacial score (nSPS) is 10.5. The zero-order chi connectivity index (χ0) is 19.9. The molecule has 3 aromatic rings. The summed E-state index contributed by atoms with van der Waals surface area (Å²) in [5.41, 5.74) is 1.36. The Morgan fingerprint density at radius 3 is 2.75 bits per heavy atom. The minimum Gasteiger partial charge on any atom is -0.493 e. The lowest BCUT2D eigenvalue weighted by molar-refractivity contribution is -0.118. The maximum atomic E-state index is 13.4. The second-order valence-electron chi connectivity index (χ2n) is 5.61. The highest BCUT2D eigenvalue weighted by atomic mass is 32.2. The topological polar surface area (TPSA) is 91.2 Å². The zero-order valence-corrected chi connectivity index (χ0v) is 16.1. The van der Waals surface area contributed by atoms with Gasteiger partial charge < -0.3 is 14.8 Å². The first-order valence-electron chi connectivity index (χ1n) is 8.25. The van der Waals surface area contributed by atoms with E-state index >= 15 is 0 Å². The molecule has 0 aliphatic heterocycles. The summed E-state index contributed by atoms with van der Waals surface area (Å²) in [7, 11) is 3.12. The van der Waals surface area contributed by atoms with Crippen molar-refractivity contribution in [2.75, 3.05) is 20.0 Å². The molecular weight excluding hydrogens is 385 g/mol. The molecule has 1 amide bonds. The maximum absolute atomic E-state index is 13.4. The van der Waals surface area contributed by atoms with Crippen LogP contribution in [0.25, 0.3) is 5.69 Å². The van der Waals surface area contributed by atoms with Gasteiger partial charge in [0.25, 0.3) is 0 Å². The van der Waals surface area contributed by atoms with Gasteiger partial charge in [0.05, 0.1) is 25.7 Å². The van der Waals surface area contributed by atoms with Crippen molar-refractivity contribution in [3.05, 3.63) is 53.8 Å². The van der Waals surface area contributed by atoms with Gasteiger partial charge >= 0.3 is 0 Å². The Kier molecular flexibility index (Phi) is 6.43. The van der Waals surface area contributed by atoms with Gasteiger partial charge in [0, 0.05) is 6.54 Å². The van der Waals surface area contributed by atoms with E-state index in [2.05, 4.69) is 20.8 Å². The van der Waals surface area contributed by atoms with Crippen LogP contribution in [0.4, 0.5) is 4.39 Å². The molecule has 0 aliphatic rings. The monoisotopic (exact) mass is 403 g/mol. The van der Waals surface area contributed by atoms with Gasteiger partial charge in [-0.15, -0.1) is 5.10 Å². The molecule has 1 heterocycles. The number of halogens is 1. The molecule has 146 valence electrons. The lowest BCUT2D eigenvalue weighted by Gasteiger charge is -2.10. The highest BCUT2D eigenvalue weighted by molar-refractivity contribution is 7.99. The van der Waals surface area contributed by atoms with Crippen LogP contribution >= 0.6 is 11.8 Å². The number of carbonyl (C=O) groups excluding carboxylic acids is 1. The molecule has 28 heavy (non-hydrogen) atoms. The second kappa shape index (κ2) is 9.18. The molecular formula is C18H18FN5O3S. The number of aromatic nitrogens is 4. The minimum atomic E-state index is -0.392. The number of methoxy groups -OCH3 is 2. The van der Waals surface area contributed by atoms with Crippen LogP contribution in [0.2, 0.25) is 0 Å². The number of thioether (sulfide) groups is 1. The third-order valence-electron chi connectivity index (χ3n) is 3.76. The summed E-state index contributed by atoms with van der Waals surface area (Å²) in [4.78, 5) is 12.2. The van der Waals surface area contributed by atoms with Gasteiger partial charge in [0.2, 0.25) is 11.1 Å². The Hall–Kier alpha value is -3.14. The molecule has 10 heteroatoms. The standard InChI is InChI=1S/C18H18FN5O3S/c1-26-15-7-6-12(8-16(15)27-2)10-20-17(25)11-28-18-21-22-23-24(18)14-5-3-4-13(19)9-14/h3-9H,10-11H2,1-2H3,(H,20,25). The summed E-state index contributed by atoms with van der Waals surface area (Å²) in [6.07, 6.45) is 0. The number of benzene rings is 2. The van der Waals surface area contributed by atoms with Crippen LogP contribution in [0.3, 0.4) is 0 Å². The van der Waals surface area contributed by atoms with E-state index in [0.717, 1.165) is 17.3 Å². The number of carbonyl (C=O) groups is 1. The third-order valence-corrected chi connectivity index (χ3v) is 4.68. The Bertz CT molecular complexity index is 966. The fraction of sp³-hybridized carbons (Fsp3) is 0.222. The first-order chi connectivity index (χ1) is 13.6. The number of amides is 1. The van der Waals surface area contributed by atoms with E-state index in [0.29, 0.717) is 28.9 Å². The van der Waals surface area contributed by atoms with Crippen molar-refractivity contribution in [1.29, 1.82) is 0 Å². The van der Waals surface area contributed by atoms with Gasteiger partial charge in [0.15, 0.2) is 11.5 Å². The Morgan fingerprint density at radius 2 is 2.00 bits per heavy atom. The lowest BCUT2D eigenvalue weighted by atomic mass is 10.2. The number of tetrazole rings is 1. The SMILES string of the molecule is COc1ccc(CNC(=O)CSc2nnnn2-c2cccc(F)c2)cc1OC. The van der Waals surface area contributed by atoms with E-state index in [1.807, 2.05) is 6.07 Å². The Morgan fingerprint density at radius 1 is 1.18 bits per heavy atom. The van der Waals surface area contributed by atoms with Crippen molar-refractivity contribution in [3.8, 4) is 17.2 Å². The molecule has 0 radical (unpaired) electrons. The Balaban J connectivity index is 1.56. The van der Waals surface area contributed by atoms with Crippen LogP contribution in [0, 0.1) is 5.82 Å². The van der Waals surface area contributed by atoms with Crippen molar-refractivity contribution in [2.24, 2.45) is 0 Å². The summed E-state index contributed by atoms with van der Waals surface area (Å²) < 4.78 is 25.2. The quantitative estimate of drug-likeness (QED) is 0.577. The fourth-order valence-electron chi connectivity index (χ4n) is 2.41. The van der Waals surface area contributed by atoms with E-state index in [9.17, 15) is 9.18 Å². The average Bonchev–Trinajstić information content (AvgIpc) is 3.19. The molecule has 2 aromatic carbocycles. The molecule has 3 rings (SSSR count).